The number of benzene rings is 3. The molecule has 0 spiro atoms. The number of halogens is 2. The number of aryl methyl sites for hydroxylation is 3. The van der Waals surface area contributed by atoms with Crippen molar-refractivity contribution in [2.24, 2.45) is 0 Å². The number of rotatable bonds is 11. The van der Waals surface area contributed by atoms with E-state index in [0.717, 1.165) is 35.1 Å². The summed E-state index contributed by atoms with van der Waals surface area (Å²) in [4.78, 5) is 10.8. The molecule has 0 aliphatic heterocycles. The summed E-state index contributed by atoms with van der Waals surface area (Å²) in [6, 6.07) is 15.1. The zero-order valence-electron chi connectivity index (χ0n) is 22.4. The number of nitrogens with one attached hydrogen (secondary N) is 1. The van der Waals surface area contributed by atoms with Gasteiger partial charge in [-0.25, -0.2) is 12.8 Å². The minimum atomic E-state index is -3.08. The van der Waals surface area contributed by atoms with E-state index >= 15 is 0 Å². The Kier molecular flexibility index (Phi) is 10.0. The van der Waals surface area contributed by atoms with Crippen molar-refractivity contribution < 1.29 is 27.4 Å². The molecule has 1 aliphatic rings. The molecular formula is C30H35ClFNO5S. The lowest BCUT2D eigenvalue weighted by Crippen LogP contribution is -2.15. The van der Waals surface area contributed by atoms with Crippen molar-refractivity contribution in [3.63, 3.8) is 0 Å². The normalized spacial score (nSPS) is 14.4. The summed E-state index contributed by atoms with van der Waals surface area (Å²) in [6.45, 7) is 5.84. The van der Waals surface area contributed by atoms with E-state index in [2.05, 4.69) is 17.4 Å². The van der Waals surface area contributed by atoms with Crippen LogP contribution in [-0.2, 0) is 27.5 Å². The number of anilines is 1. The zero-order valence-corrected chi connectivity index (χ0v) is 24.1. The SMILES string of the molecule is CCS(=O)(=O)CCOc1cc(C)c(-c2cccc3c2CCC3Nc2ccc(CCC(=O)O)c(F)c2)c(C)c1.Cl. The van der Waals surface area contributed by atoms with Crippen molar-refractivity contribution in [3.05, 3.63) is 82.2 Å². The first-order chi connectivity index (χ1) is 18.1. The van der Waals surface area contributed by atoms with Crippen LogP contribution in [0.5, 0.6) is 5.75 Å². The maximum Gasteiger partial charge on any atom is 0.303 e. The molecule has 0 aromatic heterocycles. The number of hydrogen-bond donors (Lipinski definition) is 2. The van der Waals surface area contributed by atoms with E-state index in [4.69, 9.17) is 9.84 Å². The van der Waals surface area contributed by atoms with Gasteiger partial charge in [0.05, 0.1) is 11.8 Å². The number of carboxylic acids is 1. The minimum absolute atomic E-state index is 0. The van der Waals surface area contributed by atoms with Crippen molar-refractivity contribution in [1.82, 2.24) is 0 Å². The molecular weight excluding hydrogens is 541 g/mol. The molecule has 6 nitrogen and oxygen atoms in total. The predicted molar refractivity (Wildman–Crippen MR) is 155 cm³/mol. The van der Waals surface area contributed by atoms with E-state index in [-0.39, 0.29) is 49.4 Å². The summed E-state index contributed by atoms with van der Waals surface area (Å²) < 4.78 is 43.9. The van der Waals surface area contributed by atoms with Gasteiger partial charge in [-0.05, 0) is 96.3 Å². The Balaban J connectivity index is 0.00000420. The molecule has 3 aromatic carbocycles. The van der Waals surface area contributed by atoms with Crippen LogP contribution in [0.25, 0.3) is 11.1 Å². The molecule has 0 saturated carbocycles. The number of ether oxygens (including phenoxy) is 1. The largest absolute Gasteiger partial charge is 0.493 e. The molecule has 39 heavy (non-hydrogen) atoms. The highest BCUT2D eigenvalue weighted by atomic mass is 35.5. The quantitative estimate of drug-likeness (QED) is 0.272. The van der Waals surface area contributed by atoms with Gasteiger partial charge in [-0.1, -0.05) is 31.2 Å². The predicted octanol–water partition coefficient (Wildman–Crippen LogP) is 6.46. The number of hydrogen-bond acceptors (Lipinski definition) is 5. The summed E-state index contributed by atoms with van der Waals surface area (Å²) in [6.07, 6.45) is 1.82. The van der Waals surface area contributed by atoms with Gasteiger partial charge >= 0.3 is 5.97 Å². The van der Waals surface area contributed by atoms with Gasteiger partial charge < -0.3 is 15.2 Å². The molecule has 0 radical (unpaired) electrons. The lowest BCUT2D eigenvalue weighted by molar-refractivity contribution is -0.136. The highest BCUT2D eigenvalue weighted by Crippen LogP contribution is 2.42. The second kappa shape index (κ2) is 12.8. The molecule has 0 saturated heterocycles. The van der Waals surface area contributed by atoms with Gasteiger partial charge in [0, 0.05) is 17.9 Å². The molecule has 3 aromatic rings. The Hall–Kier alpha value is -3.10. The zero-order chi connectivity index (χ0) is 27.4. The van der Waals surface area contributed by atoms with Crippen molar-refractivity contribution in [1.29, 1.82) is 0 Å². The standard InChI is InChI=1S/C30H34FNO5S.ClH/c1-4-38(35,36)15-14-37-23-16-19(2)30(20(3)17-23)26-7-5-6-25-24(26)11-12-28(25)32-22-10-8-21(27(31)18-22)9-13-29(33)34;/h5-8,10,16-18,28,32H,4,9,11-15H2,1-3H3,(H,33,34);1H. The number of fused-ring (bicyclic) bond motifs is 1. The van der Waals surface area contributed by atoms with Crippen LogP contribution in [0, 0.1) is 19.7 Å². The third kappa shape index (κ3) is 7.31. The van der Waals surface area contributed by atoms with Gasteiger partial charge in [-0.2, -0.15) is 0 Å². The van der Waals surface area contributed by atoms with Gasteiger partial charge in [0.25, 0.3) is 0 Å². The monoisotopic (exact) mass is 575 g/mol. The number of carboxylic acid groups (broad SMARTS) is 1. The maximum absolute atomic E-state index is 14.6. The summed E-state index contributed by atoms with van der Waals surface area (Å²) in [5.41, 5.74) is 7.94. The summed E-state index contributed by atoms with van der Waals surface area (Å²) in [5.74, 6) is -0.575. The second-order valence-corrected chi connectivity index (χ2v) is 12.3. The number of carbonyl (C=O) groups is 1. The average molecular weight is 576 g/mol. The molecule has 0 heterocycles. The lowest BCUT2D eigenvalue weighted by atomic mass is 9.90. The van der Waals surface area contributed by atoms with E-state index in [1.807, 2.05) is 32.0 Å². The van der Waals surface area contributed by atoms with Gasteiger partial charge in [-0.15, -0.1) is 12.4 Å². The Bertz CT molecular complexity index is 1430. The molecule has 1 aliphatic carbocycles. The first kappa shape index (κ1) is 30.4. The fraction of sp³-hybridized carbons (Fsp3) is 0.367. The van der Waals surface area contributed by atoms with E-state index in [0.29, 0.717) is 17.0 Å². The Morgan fingerprint density at radius 1 is 1.13 bits per heavy atom. The van der Waals surface area contributed by atoms with Crippen molar-refractivity contribution in [2.45, 2.75) is 52.5 Å². The minimum Gasteiger partial charge on any atom is -0.493 e. The average Bonchev–Trinajstić information content (AvgIpc) is 3.26. The van der Waals surface area contributed by atoms with Crippen LogP contribution in [0.15, 0.2) is 48.5 Å². The molecule has 1 atom stereocenters. The third-order valence-corrected chi connectivity index (χ3v) is 8.82. The van der Waals surface area contributed by atoms with E-state index < -0.39 is 21.6 Å². The van der Waals surface area contributed by atoms with Crippen LogP contribution >= 0.6 is 12.4 Å². The molecule has 9 heteroatoms. The van der Waals surface area contributed by atoms with E-state index in [1.165, 1.54) is 17.2 Å². The van der Waals surface area contributed by atoms with Gasteiger partial charge in [0.2, 0.25) is 0 Å². The molecule has 1 unspecified atom stereocenters. The van der Waals surface area contributed by atoms with Gasteiger partial charge in [-0.3, -0.25) is 4.79 Å². The van der Waals surface area contributed by atoms with Crippen LogP contribution in [0.2, 0.25) is 0 Å². The lowest BCUT2D eigenvalue weighted by Gasteiger charge is -2.19. The first-order valence-electron chi connectivity index (χ1n) is 12.9. The third-order valence-electron chi connectivity index (χ3n) is 7.15. The van der Waals surface area contributed by atoms with Gasteiger partial charge in [0.15, 0.2) is 9.84 Å². The fourth-order valence-corrected chi connectivity index (χ4v) is 5.81. The summed E-state index contributed by atoms with van der Waals surface area (Å²) in [5, 5.41) is 12.3. The van der Waals surface area contributed by atoms with Crippen molar-refractivity contribution in [2.75, 3.05) is 23.4 Å². The van der Waals surface area contributed by atoms with Crippen LogP contribution in [0.4, 0.5) is 10.1 Å². The molecule has 0 bridgehead atoms. The van der Waals surface area contributed by atoms with Crippen LogP contribution in [-0.4, -0.2) is 37.6 Å². The summed E-state index contributed by atoms with van der Waals surface area (Å²) >= 11 is 0. The highest BCUT2D eigenvalue weighted by molar-refractivity contribution is 7.91. The van der Waals surface area contributed by atoms with Crippen LogP contribution in [0.3, 0.4) is 0 Å². The van der Waals surface area contributed by atoms with Crippen molar-refractivity contribution >= 4 is 33.9 Å². The van der Waals surface area contributed by atoms with Crippen LogP contribution in [0.1, 0.15) is 53.6 Å². The Morgan fingerprint density at radius 3 is 2.49 bits per heavy atom. The molecule has 210 valence electrons. The van der Waals surface area contributed by atoms with Gasteiger partial charge in [0.1, 0.15) is 18.2 Å². The second-order valence-electron chi connectivity index (χ2n) is 9.83. The summed E-state index contributed by atoms with van der Waals surface area (Å²) in [7, 11) is -3.08. The topological polar surface area (TPSA) is 92.7 Å². The van der Waals surface area contributed by atoms with E-state index in [1.54, 1.807) is 19.1 Å². The molecule has 4 rings (SSSR count). The Morgan fingerprint density at radius 2 is 1.85 bits per heavy atom. The molecule has 0 amide bonds. The Labute approximate surface area is 235 Å². The maximum atomic E-state index is 14.6. The van der Waals surface area contributed by atoms with Crippen molar-refractivity contribution in [3.8, 4) is 16.9 Å². The molecule has 0 fully saturated rings. The van der Waals surface area contributed by atoms with Crippen LogP contribution < -0.4 is 10.1 Å². The smallest absolute Gasteiger partial charge is 0.303 e. The molecule has 2 N–H and O–H groups in total. The van der Waals surface area contributed by atoms with E-state index in [9.17, 15) is 17.6 Å². The fourth-order valence-electron chi connectivity index (χ4n) is 5.18. The first-order valence-corrected chi connectivity index (χ1v) is 14.7. The highest BCUT2D eigenvalue weighted by Gasteiger charge is 2.26. The number of sulfone groups is 1. The number of aliphatic carboxylic acids is 1.